The predicted molar refractivity (Wildman–Crippen MR) is 61.1 cm³/mol. The van der Waals surface area contributed by atoms with E-state index in [1.54, 1.807) is 0 Å². The van der Waals surface area contributed by atoms with Gasteiger partial charge < -0.3 is 5.11 Å². The topological polar surface area (TPSA) is 66.4 Å². The summed E-state index contributed by atoms with van der Waals surface area (Å²) >= 11 is 0.693. The lowest BCUT2D eigenvalue weighted by Crippen LogP contribution is -2.41. The second kappa shape index (κ2) is 5.73. The fourth-order valence-corrected chi connectivity index (χ4v) is 3.65. The first kappa shape index (κ1) is 16.3. The Balaban J connectivity index is 2.87. The number of hydrogen-bond donors (Lipinski definition) is 2. The van der Waals surface area contributed by atoms with Gasteiger partial charge in [0, 0.05) is 4.88 Å². The molecule has 0 spiro atoms. The third kappa shape index (κ3) is 3.88. The number of hydrogen-bond acceptors (Lipinski definition) is 4. The Bertz CT molecular complexity index is 542. The Hall–Kier alpha value is -0.710. The number of alkyl halides is 4. The molecule has 1 heterocycles. The van der Waals surface area contributed by atoms with Crippen LogP contribution in [0.5, 0.6) is 0 Å². The minimum absolute atomic E-state index is 0.306. The fourth-order valence-electron chi connectivity index (χ4n) is 1.12. The number of nitrogens with one attached hydrogen (secondary N) is 1. The lowest BCUT2D eigenvalue weighted by molar-refractivity contribution is -0.122. The Labute approximate surface area is 111 Å². The summed E-state index contributed by atoms with van der Waals surface area (Å²) in [5.41, 5.74) is 0.480. The van der Waals surface area contributed by atoms with Crippen molar-refractivity contribution >= 4 is 21.4 Å². The number of thiophene rings is 1. The van der Waals surface area contributed by atoms with E-state index < -0.39 is 28.9 Å². The monoisotopic (exact) mass is 321 g/mol. The van der Waals surface area contributed by atoms with E-state index in [-0.39, 0.29) is 10.8 Å². The van der Waals surface area contributed by atoms with Crippen molar-refractivity contribution in [3.05, 3.63) is 16.5 Å². The molecule has 110 valence electrons. The molecule has 19 heavy (non-hydrogen) atoms. The van der Waals surface area contributed by atoms with Gasteiger partial charge in [0.15, 0.2) is 0 Å². The van der Waals surface area contributed by atoms with Gasteiger partial charge in [-0.15, -0.1) is 11.3 Å². The summed E-state index contributed by atoms with van der Waals surface area (Å²) < 4.78 is 73.4. The smallest absolute Gasteiger partial charge is 0.320 e. The number of aliphatic hydroxyl groups is 1. The summed E-state index contributed by atoms with van der Waals surface area (Å²) in [7, 11) is -4.29. The molecule has 0 bridgehead atoms. The van der Waals surface area contributed by atoms with Crippen LogP contribution in [0, 0.1) is 6.92 Å². The maximum absolute atomic E-state index is 12.6. The zero-order valence-corrected chi connectivity index (χ0v) is 11.3. The molecule has 0 aromatic carbocycles. The summed E-state index contributed by atoms with van der Waals surface area (Å²) in [6, 6.07) is 1.18. The zero-order valence-electron chi connectivity index (χ0n) is 9.66. The van der Waals surface area contributed by atoms with E-state index in [2.05, 4.69) is 0 Å². The highest BCUT2D eigenvalue weighted by Crippen LogP contribution is 2.27. The van der Waals surface area contributed by atoms with Crippen LogP contribution in [0.15, 0.2) is 10.3 Å². The van der Waals surface area contributed by atoms with Gasteiger partial charge in [-0.25, -0.2) is 21.9 Å². The molecule has 0 radical (unpaired) electrons. The average Bonchev–Trinajstić information content (AvgIpc) is 2.69. The van der Waals surface area contributed by atoms with Gasteiger partial charge in [-0.05, 0) is 18.6 Å². The van der Waals surface area contributed by atoms with Gasteiger partial charge in [0.25, 0.3) is 0 Å². The second-order valence-electron chi connectivity index (χ2n) is 3.72. The number of halogens is 4. The van der Waals surface area contributed by atoms with E-state index >= 15 is 0 Å². The summed E-state index contributed by atoms with van der Waals surface area (Å²) in [6.45, 7) is -0.535. The van der Waals surface area contributed by atoms with Crippen molar-refractivity contribution in [3.63, 3.8) is 0 Å². The van der Waals surface area contributed by atoms with Crippen molar-refractivity contribution < 1.29 is 31.1 Å². The minimum Gasteiger partial charge on any atom is -0.391 e. The quantitative estimate of drug-likeness (QED) is 0.784. The molecule has 0 amide bonds. The van der Waals surface area contributed by atoms with Crippen LogP contribution >= 0.6 is 11.3 Å². The number of sulfonamides is 1. The summed E-state index contributed by atoms with van der Waals surface area (Å²) in [6.07, 6.45) is -3.95. The molecule has 1 rings (SSSR count). The highest BCUT2D eigenvalue weighted by Gasteiger charge is 2.41. The first-order valence-electron chi connectivity index (χ1n) is 4.96. The molecule has 0 fully saturated rings. The third-order valence-electron chi connectivity index (χ3n) is 2.22. The Morgan fingerprint density at radius 1 is 1.47 bits per heavy atom. The van der Waals surface area contributed by atoms with Crippen molar-refractivity contribution in [2.75, 3.05) is 6.54 Å². The SMILES string of the molecule is Cc1cc(S(=O)(=O)NCC(F)(F)C(F)F)sc1CO. The lowest BCUT2D eigenvalue weighted by atomic mass is 10.3. The largest absolute Gasteiger partial charge is 0.391 e. The molecule has 2 N–H and O–H groups in total. The molecular formula is C9H11F4NO3S2. The molecule has 1 aromatic heterocycles. The van der Waals surface area contributed by atoms with Crippen LogP contribution in [-0.4, -0.2) is 32.4 Å². The Morgan fingerprint density at radius 3 is 2.47 bits per heavy atom. The van der Waals surface area contributed by atoms with Crippen LogP contribution in [0.3, 0.4) is 0 Å². The van der Waals surface area contributed by atoms with Crippen molar-refractivity contribution in [2.24, 2.45) is 0 Å². The molecule has 0 saturated carbocycles. The molecule has 4 nitrogen and oxygen atoms in total. The van der Waals surface area contributed by atoms with Crippen LogP contribution < -0.4 is 4.72 Å². The van der Waals surface area contributed by atoms with Gasteiger partial charge in [-0.3, -0.25) is 0 Å². The first-order chi connectivity index (χ1) is 8.60. The van der Waals surface area contributed by atoms with Gasteiger partial charge in [-0.2, -0.15) is 8.78 Å². The molecular weight excluding hydrogens is 310 g/mol. The van der Waals surface area contributed by atoms with Crippen LogP contribution in [0.1, 0.15) is 10.4 Å². The minimum atomic E-state index is -4.43. The van der Waals surface area contributed by atoms with E-state index in [4.69, 9.17) is 5.11 Å². The summed E-state index contributed by atoms with van der Waals surface area (Å²) in [5, 5.41) is 8.91. The van der Waals surface area contributed by atoms with Gasteiger partial charge in [0.05, 0.1) is 13.2 Å². The van der Waals surface area contributed by atoms with Crippen LogP contribution in [0.2, 0.25) is 0 Å². The van der Waals surface area contributed by atoms with E-state index in [9.17, 15) is 26.0 Å². The van der Waals surface area contributed by atoms with E-state index in [0.717, 1.165) is 0 Å². The molecule has 0 aliphatic carbocycles. The second-order valence-corrected chi connectivity index (χ2v) is 6.85. The zero-order chi connectivity index (χ0) is 14.8. The van der Waals surface area contributed by atoms with Gasteiger partial charge >= 0.3 is 12.3 Å². The average molecular weight is 321 g/mol. The van der Waals surface area contributed by atoms with Crippen molar-refractivity contribution in [1.29, 1.82) is 0 Å². The molecule has 0 aliphatic heterocycles. The van der Waals surface area contributed by atoms with Crippen molar-refractivity contribution in [3.8, 4) is 0 Å². The first-order valence-corrected chi connectivity index (χ1v) is 7.26. The standard InChI is InChI=1S/C9H11F4NO3S2/c1-5-2-7(18-6(5)3-15)19(16,17)14-4-9(12,13)8(10)11/h2,8,14-15H,3-4H2,1H3. The maximum Gasteiger partial charge on any atom is 0.320 e. The molecule has 10 heteroatoms. The fraction of sp³-hybridized carbons (Fsp3) is 0.556. The van der Waals surface area contributed by atoms with Crippen LogP contribution in [0.4, 0.5) is 17.6 Å². The highest BCUT2D eigenvalue weighted by molar-refractivity contribution is 7.91. The molecule has 1 aromatic rings. The molecule has 0 atom stereocenters. The van der Waals surface area contributed by atoms with Gasteiger partial charge in [0.2, 0.25) is 10.0 Å². The number of aliphatic hydroxyl groups excluding tert-OH is 1. The van der Waals surface area contributed by atoms with Gasteiger partial charge in [0.1, 0.15) is 4.21 Å². The van der Waals surface area contributed by atoms with Gasteiger partial charge in [-0.1, -0.05) is 0 Å². The molecule has 0 aliphatic rings. The maximum atomic E-state index is 12.6. The molecule has 0 saturated heterocycles. The highest BCUT2D eigenvalue weighted by atomic mass is 32.2. The van der Waals surface area contributed by atoms with E-state index in [0.29, 0.717) is 21.8 Å². The van der Waals surface area contributed by atoms with Crippen LogP contribution in [0.25, 0.3) is 0 Å². The Kier molecular flexibility index (Phi) is 4.93. The number of aryl methyl sites for hydroxylation is 1. The normalized spacial score (nSPS) is 13.2. The van der Waals surface area contributed by atoms with Crippen molar-refractivity contribution in [1.82, 2.24) is 4.72 Å². The van der Waals surface area contributed by atoms with Crippen molar-refractivity contribution in [2.45, 2.75) is 30.1 Å². The van der Waals surface area contributed by atoms with Crippen LogP contribution in [-0.2, 0) is 16.6 Å². The third-order valence-corrected chi connectivity index (χ3v) is 5.32. The Morgan fingerprint density at radius 2 is 2.05 bits per heavy atom. The van der Waals surface area contributed by atoms with E-state index in [1.807, 2.05) is 0 Å². The summed E-state index contributed by atoms with van der Waals surface area (Å²) in [5.74, 6) is -4.43. The number of rotatable bonds is 6. The lowest BCUT2D eigenvalue weighted by Gasteiger charge is -2.15. The summed E-state index contributed by atoms with van der Waals surface area (Å²) in [4.78, 5) is 0.362. The van der Waals surface area contributed by atoms with E-state index in [1.165, 1.54) is 17.7 Å². The predicted octanol–water partition coefficient (Wildman–Crippen LogP) is 1.73. The molecule has 0 unspecified atom stereocenters.